The van der Waals surface area contributed by atoms with Crippen molar-refractivity contribution in [3.05, 3.63) is 36.0 Å². The number of nitrogens with one attached hydrogen (secondary N) is 1. The van der Waals surface area contributed by atoms with Crippen molar-refractivity contribution in [3.8, 4) is 12.3 Å². The minimum absolute atomic E-state index is 0.208. The summed E-state index contributed by atoms with van der Waals surface area (Å²) < 4.78 is 0. The van der Waals surface area contributed by atoms with E-state index in [0.29, 0.717) is 19.3 Å². The Morgan fingerprint density at radius 3 is 2.74 bits per heavy atom. The Morgan fingerprint density at radius 1 is 1.19 bits per heavy atom. The summed E-state index contributed by atoms with van der Waals surface area (Å²) in [5.41, 5.74) is 2.15. The minimum Gasteiger partial charge on any atom is -0.361 e. The molecule has 1 fully saturated rings. The molecule has 140 valence electrons. The highest BCUT2D eigenvalue weighted by molar-refractivity contribution is 5.82. The number of aromatic amines is 1. The standard InChI is InChI=1S/C21H25N5O/c1-2-3-9-21(23-24-21)10-7-20(27)26-14-12-25(13-15-26)16-17-5-4-6-19-18(17)8-11-22-19/h1,4-6,8,11,22H,3,7,9-10,12-16H2. The van der Waals surface area contributed by atoms with Crippen molar-refractivity contribution in [2.45, 2.75) is 37.9 Å². The van der Waals surface area contributed by atoms with E-state index in [1.54, 1.807) is 0 Å². The van der Waals surface area contributed by atoms with Crippen molar-refractivity contribution in [3.63, 3.8) is 0 Å². The molecule has 6 nitrogen and oxygen atoms in total. The van der Waals surface area contributed by atoms with E-state index in [1.807, 2.05) is 11.1 Å². The molecule has 2 aromatic rings. The fraction of sp³-hybridized carbons (Fsp3) is 0.476. The average Bonchev–Trinajstić information content (AvgIpc) is 3.30. The van der Waals surface area contributed by atoms with Gasteiger partial charge in [0.1, 0.15) is 0 Å². The molecule has 4 rings (SSSR count). The van der Waals surface area contributed by atoms with Gasteiger partial charge in [-0.3, -0.25) is 9.69 Å². The van der Waals surface area contributed by atoms with Crippen LogP contribution in [0, 0.1) is 12.3 Å². The molecule has 6 heteroatoms. The first-order valence-electron chi connectivity index (χ1n) is 9.62. The second kappa shape index (κ2) is 7.53. The van der Waals surface area contributed by atoms with Gasteiger partial charge >= 0.3 is 0 Å². The van der Waals surface area contributed by atoms with Crippen molar-refractivity contribution >= 4 is 16.8 Å². The van der Waals surface area contributed by atoms with Crippen molar-refractivity contribution in [1.29, 1.82) is 0 Å². The number of piperazine rings is 1. The van der Waals surface area contributed by atoms with E-state index in [4.69, 9.17) is 6.42 Å². The molecule has 0 radical (unpaired) electrons. The fourth-order valence-electron chi connectivity index (χ4n) is 3.82. The summed E-state index contributed by atoms with van der Waals surface area (Å²) in [6.45, 7) is 4.30. The molecule has 1 aromatic carbocycles. The van der Waals surface area contributed by atoms with Gasteiger partial charge in [0.2, 0.25) is 5.91 Å². The number of fused-ring (bicyclic) bond motifs is 1. The Balaban J connectivity index is 1.25. The molecule has 0 spiro atoms. The van der Waals surface area contributed by atoms with Crippen LogP contribution in [0.1, 0.15) is 31.2 Å². The second-order valence-electron chi connectivity index (χ2n) is 7.40. The summed E-state index contributed by atoms with van der Waals surface area (Å²) in [5, 5.41) is 9.51. The number of hydrogen-bond acceptors (Lipinski definition) is 4. The van der Waals surface area contributed by atoms with Crippen LogP contribution in [0.4, 0.5) is 0 Å². The van der Waals surface area contributed by atoms with Gasteiger partial charge in [0.25, 0.3) is 0 Å². The molecule has 3 heterocycles. The van der Waals surface area contributed by atoms with Gasteiger partial charge in [-0.25, -0.2) is 0 Å². The molecule has 2 aliphatic heterocycles. The number of benzene rings is 1. The number of carbonyl (C=O) groups is 1. The molecule has 2 aliphatic rings. The summed E-state index contributed by atoms with van der Waals surface area (Å²) in [7, 11) is 0. The van der Waals surface area contributed by atoms with Gasteiger partial charge in [0.15, 0.2) is 5.66 Å². The van der Waals surface area contributed by atoms with Crippen LogP contribution in [0.3, 0.4) is 0 Å². The minimum atomic E-state index is -0.362. The first-order chi connectivity index (χ1) is 13.2. The Bertz CT molecular complexity index is 879. The van der Waals surface area contributed by atoms with E-state index in [0.717, 1.165) is 39.1 Å². The number of amides is 1. The van der Waals surface area contributed by atoms with Crippen molar-refractivity contribution in [2.24, 2.45) is 10.2 Å². The number of nitrogens with zero attached hydrogens (tertiary/aromatic N) is 4. The van der Waals surface area contributed by atoms with Crippen molar-refractivity contribution < 1.29 is 4.79 Å². The van der Waals surface area contributed by atoms with Crippen LogP contribution < -0.4 is 0 Å². The zero-order valence-corrected chi connectivity index (χ0v) is 15.5. The van der Waals surface area contributed by atoms with Crippen LogP contribution in [0.2, 0.25) is 0 Å². The maximum Gasteiger partial charge on any atom is 0.222 e. The van der Waals surface area contributed by atoms with E-state index in [-0.39, 0.29) is 11.6 Å². The average molecular weight is 363 g/mol. The molecule has 1 aromatic heterocycles. The largest absolute Gasteiger partial charge is 0.361 e. The number of hydrogen-bond donors (Lipinski definition) is 1. The van der Waals surface area contributed by atoms with Crippen molar-refractivity contribution in [1.82, 2.24) is 14.8 Å². The fourth-order valence-corrected chi connectivity index (χ4v) is 3.82. The van der Waals surface area contributed by atoms with Gasteiger partial charge in [-0.1, -0.05) is 12.1 Å². The van der Waals surface area contributed by atoms with E-state index in [2.05, 4.69) is 50.3 Å². The maximum absolute atomic E-state index is 12.5. The Labute approximate surface area is 159 Å². The lowest BCUT2D eigenvalue weighted by Crippen LogP contribution is -2.48. The van der Waals surface area contributed by atoms with E-state index >= 15 is 0 Å². The van der Waals surface area contributed by atoms with Gasteiger partial charge in [0, 0.05) is 75.5 Å². The Morgan fingerprint density at radius 2 is 2.00 bits per heavy atom. The molecular formula is C21H25N5O. The number of aromatic nitrogens is 1. The zero-order valence-electron chi connectivity index (χ0n) is 15.5. The summed E-state index contributed by atoms with van der Waals surface area (Å²) in [6.07, 6.45) is 9.90. The van der Waals surface area contributed by atoms with E-state index in [9.17, 15) is 4.79 Å². The summed E-state index contributed by atoms with van der Waals surface area (Å²) in [5.74, 6) is 2.83. The maximum atomic E-state index is 12.5. The molecule has 0 aliphatic carbocycles. The number of rotatable bonds is 7. The molecule has 0 bridgehead atoms. The predicted octanol–water partition coefficient (Wildman–Crippen LogP) is 3.17. The topological polar surface area (TPSA) is 64.1 Å². The summed E-state index contributed by atoms with van der Waals surface area (Å²) >= 11 is 0. The summed E-state index contributed by atoms with van der Waals surface area (Å²) in [6, 6.07) is 8.52. The Kier molecular flexibility index (Phi) is 4.95. The summed E-state index contributed by atoms with van der Waals surface area (Å²) in [4.78, 5) is 20.2. The zero-order chi connectivity index (χ0) is 18.7. The lowest BCUT2D eigenvalue weighted by Gasteiger charge is -2.35. The molecule has 0 saturated carbocycles. The van der Waals surface area contributed by atoms with Gasteiger partial charge in [-0.15, -0.1) is 12.3 Å². The molecular weight excluding hydrogens is 338 g/mol. The highest BCUT2D eigenvalue weighted by Gasteiger charge is 2.39. The third-order valence-corrected chi connectivity index (χ3v) is 5.60. The van der Waals surface area contributed by atoms with E-state index in [1.165, 1.54) is 16.5 Å². The van der Waals surface area contributed by atoms with Crippen LogP contribution in [-0.4, -0.2) is 52.5 Å². The quantitative estimate of drug-likeness (QED) is 0.768. The Hall–Kier alpha value is -2.65. The van der Waals surface area contributed by atoms with Gasteiger partial charge < -0.3 is 9.88 Å². The highest BCUT2D eigenvalue weighted by Crippen LogP contribution is 2.37. The molecule has 1 saturated heterocycles. The van der Waals surface area contributed by atoms with Crippen LogP contribution in [-0.2, 0) is 11.3 Å². The van der Waals surface area contributed by atoms with Gasteiger partial charge in [0.05, 0.1) is 0 Å². The third kappa shape index (κ3) is 4.04. The molecule has 1 amide bonds. The highest BCUT2D eigenvalue weighted by atomic mass is 16.2. The molecule has 1 N–H and O–H groups in total. The number of carbonyl (C=O) groups excluding carboxylic acids is 1. The normalized spacial score (nSPS) is 18.6. The number of H-pyrrole nitrogens is 1. The first-order valence-corrected chi connectivity index (χ1v) is 9.62. The van der Waals surface area contributed by atoms with Crippen LogP contribution >= 0.6 is 0 Å². The van der Waals surface area contributed by atoms with Crippen LogP contribution in [0.5, 0.6) is 0 Å². The van der Waals surface area contributed by atoms with Crippen molar-refractivity contribution in [2.75, 3.05) is 26.2 Å². The SMILES string of the molecule is C#CCCC1(CCC(=O)N2CCN(Cc3cccc4[nH]ccc34)CC2)N=N1. The second-order valence-corrected chi connectivity index (χ2v) is 7.40. The third-order valence-electron chi connectivity index (χ3n) is 5.60. The predicted molar refractivity (Wildman–Crippen MR) is 105 cm³/mol. The lowest BCUT2D eigenvalue weighted by atomic mass is 10.0. The van der Waals surface area contributed by atoms with Crippen LogP contribution in [0.25, 0.3) is 10.9 Å². The first kappa shape index (κ1) is 17.7. The van der Waals surface area contributed by atoms with Gasteiger partial charge in [-0.05, 0) is 17.7 Å². The number of terminal acetylenes is 1. The van der Waals surface area contributed by atoms with Crippen LogP contribution in [0.15, 0.2) is 40.7 Å². The molecule has 27 heavy (non-hydrogen) atoms. The molecule has 0 unspecified atom stereocenters. The monoisotopic (exact) mass is 363 g/mol. The molecule has 0 atom stereocenters. The smallest absolute Gasteiger partial charge is 0.222 e. The van der Waals surface area contributed by atoms with E-state index < -0.39 is 0 Å². The lowest BCUT2D eigenvalue weighted by molar-refractivity contribution is -0.133. The van der Waals surface area contributed by atoms with Gasteiger partial charge in [-0.2, -0.15) is 10.2 Å².